The van der Waals surface area contributed by atoms with Crippen molar-refractivity contribution < 1.29 is 36.7 Å². The molecule has 0 spiro atoms. The van der Waals surface area contributed by atoms with Crippen LogP contribution >= 0.6 is 0 Å². The zero-order chi connectivity index (χ0) is 24.2. The molecule has 0 unspecified atom stereocenters. The van der Waals surface area contributed by atoms with Crippen LogP contribution in [0.25, 0.3) is 11.4 Å². The van der Waals surface area contributed by atoms with E-state index in [-0.39, 0.29) is 34.5 Å². The molecular weight excluding hydrogens is 454 g/mol. The summed E-state index contributed by atoms with van der Waals surface area (Å²) in [7, 11) is 3.30. The van der Waals surface area contributed by atoms with Gasteiger partial charge in [-0.3, -0.25) is 0 Å². The van der Waals surface area contributed by atoms with E-state index in [1.54, 1.807) is 18.2 Å². The van der Waals surface area contributed by atoms with Gasteiger partial charge in [-0.1, -0.05) is 5.16 Å². The van der Waals surface area contributed by atoms with Gasteiger partial charge in [-0.05, 0) is 30.3 Å². The van der Waals surface area contributed by atoms with E-state index in [4.69, 9.17) is 23.5 Å². The molecule has 0 fully saturated rings. The fourth-order valence-corrected chi connectivity index (χ4v) is 3.89. The SMILES string of the molecule is COc1ccc(-c2noc(COC(=O)c3ccc(OC)c(S(=O)(=O)N(C)C)c3)n2)c(OC)c1. The van der Waals surface area contributed by atoms with Crippen molar-refractivity contribution in [2.75, 3.05) is 35.4 Å². The number of carbonyl (C=O) groups excluding carboxylic acids is 1. The van der Waals surface area contributed by atoms with Gasteiger partial charge in [-0.2, -0.15) is 4.98 Å². The molecule has 0 aliphatic heterocycles. The highest BCUT2D eigenvalue weighted by molar-refractivity contribution is 7.89. The van der Waals surface area contributed by atoms with Crippen molar-refractivity contribution in [3.63, 3.8) is 0 Å². The zero-order valence-corrected chi connectivity index (χ0v) is 19.5. The number of rotatable bonds is 9. The second-order valence-corrected chi connectivity index (χ2v) is 8.93. The van der Waals surface area contributed by atoms with Crippen molar-refractivity contribution >= 4 is 16.0 Å². The van der Waals surface area contributed by atoms with E-state index in [1.165, 1.54) is 53.6 Å². The van der Waals surface area contributed by atoms with Crippen LogP contribution in [0.15, 0.2) is 45.8 Å². The van der Waals surface area contributed by atoms with E-state index in [9.17, 15) is 13.2 Å². The molecule has 2 aromatic carbocycles. The molecule has 176 valence electrons. The normalized spacial score (nSPS) is 11.3. The average molecular weight is 477 g/mol. The van der Waals surface area contributed by atoms with Crippen LogP contribution in [0.4, 0.5) is 0 Å². The molecule has 0 aliphatic rings. The summed E-state index contributed by atoms with van der Waals surface area (Å²) in [5.74, 6) is 0.704. The van der Waals surface area contributed by atoms with Crippen molar-refractivity contribution in [2.24, 2.45) is 0 Å². The van der Waals surface area contributed by atoms with E-state index >= 15 is 0 Å². The number of carbonyl (C=O) groups is 1. The molecule has 0 amide bonds. The fourth-order valence-electron chi connectivity index (χ4n) is 2.82. The van der Waals surface area contributed by atoms with Gasteiger partial charge in [0.25, 0.3) is 5.89 Å². The second kappa shape index (κ2) is 9.88. The lowest BCUT2D eigenvalue weighted by molar-refractivity contribution is 0.0429. The topological polar surface area (TPSA) is 130 Å². The Labute approximate surface area is 190 Å². The molecule has 3 aromatic rings. The minimum absolute atomic E-state index is 0.0211. The van der Waals surface area contributed by atoms with Crippen LogP contribution in [-0.4, -0.2) is 64.3 Å². The number of nitrogens with zero attached hydrogens (tertiary/aromatic N) is 3. The first kappa shape index (κ1) is 24.0. The second-order valence-electron chi connectivity index (χ2n) is 6.81. The van der Waals surface area contributed by atoms with E-state index < -0.39 is 16.0 Å². The third kappa shape index (κ3) is 5.07. The molecule has 12 heteroatoms. The Morgan fingerprint density at radius 2 is 1.73 bits per heavy atom. The summed E-state index contributed by atoms with van der Waals surface area (Å²) < 4.78 is 52.1. The lowest BCUT2D eigenvalue weighted by Crippen LogP contribution is -2.23. The summed E-state index contributed by atoms with van der Waals surface area (Å²) >= 11 is 0. The van der Waals surface area contributed by atoms with Crippen LogP contribution in [0.1, 0.15) is 16.2 Å². The maximum absolute atomic E-state index is 12.5. The number of ether oxygens (including phenoxy) is 4. The molecule has 0 aliphatic carbocycles. The predicted molar refractivity (Wildman–Crippen MR) is 116 cm³/mol. The Morgan fingerprint density at radius 1 is 1.00 bits per heavy atom. The van der Waals surface area contributed by atoms with Gasteiger partial charge in [0.05, 0.1) is 32.5 Å². The lowest BCUT2D eigenvalue weighted by Gasteiger charge is -2.15. The minimum atomic E-state index is -3.84. The van der Waals surface area contributed by atoms with Gasteiger partial charge < -0.3 is 23.5 Å². The number of hydrogen-bond donors (Lipinski definition) is 0. The third-order valence-corrected chi connectivity index (χ3v) is 6.44. The molecule has 3 rings (SSSR count). The Morgan fingerprint density at radius 3 is 2.36 bits per heavy atom. The fraction of sp³-hybridized carbons (Fsp3) is 0.286. The van der Waals surface area contributed by atoms with Crippen LogP contribution in [-0.2, 0) is 21.4 Å². The molecule has 1 aromatic heterocycles. The summed E-state index contributed by atoms with van der Waals surface area (Å²) in [6, 6.07) is 9.08. The summed E-state index contributed by atoms with van der Waals surface area (Å²) in [6.07, 6.45) is 0. The highest BCUT2D eigenvalue weighted by Crippen LogP contribution is 2.32. The molecule has 0 radical (unpaired) electrons. The standard InChI is InChI=1S/C21H23N3O8S/c1-24(2)33(26,27)18-10-13(6-9-16(18)29-4)21(25)31-12-19-22-20(23-32-19)15-8-7-14(28-3)11-17(15)30-5/h6-11H,12H2,1-5H3. The van der Waals surface area contributed by atoms with E-state index in [0.717, 1.165) is 4.31 Å². The van der Waals surface area contributed by atoms with Gasteiger partial charge in [0.2, 0.25) is 15.8 Å². The molecule has 0 bridgehead atoms. The monoisotopic (exact) mass is 477 g/mol. The minimum Gasteiger partial charge on any atom is -0.497 e. The van der Waals surface area contributed by atoms with Crippen LogP contribution in [0.2, 0.25) is 0 Å². The number of esters is 1. The van der Waals surface area contributed by atoms with E-state index in [1.807, 2.05) is 0 Å². The van der Waals surface area contributed by atoms with Crippen molar-refractivity contribution in [1.29, 1.82) is 0 Å². The maximum Gasteiger partial charge on any atom is 0.338 e. The summed E-state index contributed by atoms with van der Waals surface area (Å²) in [5, 5.41) is 3.89. The average Bonchev–Trinajstić information content (AvgIpc) is 3.30. The molecule has 0 atom stereocenters. The largest absolute Gasteiger partial charge is 0.497 e. The first-order chi connectivity index (χ1) is 15.7. The Kier molecular flexibility index (Phi) is 7.19. The van der Waals surface area contributed by atoms with Crippen LogP contribution in [0.5, 0.6) is 17.2 Å². The smallest absolute Gasteiger partial charge is 0.338 e. The van der Waals surface area contributed by atoms with Crippen molar-refractivity contribution in [1.82, 2.24) is 14.4 Å². The number of hydrogen-bond acceptors (Lipinski definition) is 10. The van der Waals surface area contributed by atoms with Crippen molar-refractivity contribution in [3.05, 3.63) is 47.9 Å². The molecule has 11 nitrogen and oxygen atoms in total. The van der Waals surface area contributed by atoms with Crippen molar-refractivity contribution in [2.45, 2.75) is 11.5 Å². The number of methoxy groups -OCH3 is 3. The van der Waals surface area contributed by atoms with Gasteiger partial charge in [-0.15, -0.1) is 0 Å². The van der Waals surface area contributed by atoms with Gasteiger partial charge >= 0.3 is 5.97 Å². The number of benzene rings is 2. The maximum atomic E-state index is 12.5. The van der Waals surface area contributed by atoms with E-state index in [2.05, 4.69) is 10.1 Å². The first-order valence-electron chi connectivity index (χ1n) is 9.54. The lowest BCUT2D eigenvalue weighted by atomic mass is 10.2. The quantitative estimate of drug-likeness (QED) is 0.423. The Hall–Kier alpha value is -3.64. The van der Waals surface area contributed by atoms with E-state index in [0.29, 0.717) is 17.1 Å². The highest BCUT2D eigenvalue weighted by Gasteiger charge is 2.24. The zero-order valence-electron chi connectivity index (χ0n) is 18.7. The first-order valence-corrected chi connectivity index (χ1v) is 11.0. The Balaban J connectivity index is 1.77. The molecule has 1 heterocycles. The molecule has 0 saturated heterocycles. The van der Waals surface area contributed by atoms with Crippen LogP contribution in [0.3, 0.4) is 0 Å². The summed E-state index contributed by atoms with van der Waals surface area (Å²) in [5.41, 5.74) is 0.584. The van der Waals surface area contributed by atoms with Gasteiger partial charge in [0, 0.05) is 20.2 Å². The molecule has 0 saturated carbocycles. The molecule has 33 heavy (non-hydrogen) atoms. The predicted octanol–water partition coefficient (Wildman–Crippen LogP) is 2.37. The summed E-state index contributed by atoms with van der Waals surface area (Å²) in [4.78, 5) is 16.6. The number of aromatic nitrogens is 2. The highest BCUT2D eigenvalue weighted by atomic mass is 32.2. The molecular formula is C21H23N3O8S. The van der Waals surface area contributed by atoms with Crippen LogP contribution in [0, 0.1) is 0 Å². The Bertz CT molecular complexity index is 1250. The van der Waals surface area contributed by atoms with Gasteiger partial charge in [-0.25, -0.2) is 17.5 Å². The van der Waals surface area contributed by atoms with Gasteiger partial charge in [0.1, 0.15) is 22.1 Å². The number of sulfonamides is 1. The van der Waals surface area contributed by atoms with Crippen molar-refractivity contribution in [3.8, 4) is 28.6 Å². The summed E-state index contributed by atoms with van der Waals surface area (Å²) in [6.45, 7) is -0.313. The molecule has 0 N–H and O–H groups in total. The van der Waals surface area contributed by atoms with Gasteiger partial charge in [0.15, 0.2) is 6.61 Å². The third-order valence-electron chi connectivity index (χ3n) is 4.60. The van der Waals surface area contributed by atoms with Crippen LogP contribution < -0.4 is 14.2 Å².